The largest absolute Gasteiger partial charge is 0.478 e. The number of carboxylic acids is 1. The summed E-state index contributed by atoms with van der Waals surface area (Å²) in [6.45, 7) is 4.36. The zero-order valence-corrected chi connectivity index (χ0v) is 19.2. The van der Waals surface area contributed by atoms with Gasteiger partial charge in [0.1, 0.15) is 22.8 Å². The maximum absolute atomic E-state index is 13.9. The third-order valence-corrected chi connectivity index (χ3v) is 5.32. The number of carbonyl (C=O) groups is 3. The molecule has 0 saturated carbocycles. The van der Waals surface area contributed by atoms with E-state index in [1.807, 2.05) is 0 Å². The molecule has 8 nitrogen and oxygen atoms in total. The Morgan fingerprint density at radius 3 is 2.37 bits per heavy atom. The highest BCUT2D eigenvalue weighted by Gasteiger charge is 2.31. The van der Waals surface area contributed by atoms with Gasteiger partial charge in [-0.25, -0.2) is 22.6 Å². The van der Waals surface area contributed by atoms with E-state index in [0.29, 0.717) is 11.1 Å². The van der Waals surface area contributed by atoms with Gasteiger partial charge in [-0.05, 0) is 56.2 Å². The predicted octanol–water partition coefficient (Wildman–Crippen LogP) is 4.99. The summed E-state index contributed by atoms with van der Waals surface area (Å²) in [4.78, 5) is 35.9. The van der Waals surface area contributed by atoms with Crippen molar-refractivity contribution in [3.63, 3.8) is 0 Å². The summed E-state index contributed by atoms with van der Waals surface area (Å²) in [5, 5.41) is 15.5. The summed E-state index contributed by atoms with van der Waals surface area (Å²) in [6.07, 6.45) is -3.10. The van der Waals surface area contributed by atoms with Crippen LogP contribution in [0.5, 0.6) is 11.6 Å². The van der Waals surface area contributed by atoms with Crippen LogP contribution in [0, 0.1) is 12.7 Å². The molecule has 1 amide bonds. The molecule has 0 spiro atoms. The molecule has 1 atom stereocenters. The van der Waals surface area contributed by atoms with Gasteiger partial charge in [0.15, 0.2) is 5.78 Å². The van der Waals surface area contributed by atoms with E-state index in [-0.39, 0.29) is 22.8 Å². The zero-order valence-electron chi connectivity index (χ0n) is 19.2. The second kappa shape index (κ2) is 10.00. The van der Waals surface area contributed by atoms with Crippen LogP contribution in [0.25, 0.3) is 0 Å². The maximum Gasteiger partial charge on any atom is 0.335 e. The fourth-order valence-electron chi connectivity index (χ4n) is 3.51. The van der Waals surface area contributed by atoms with Gasteiger partial charge in [0.2, 0.25) is 5.88 Å². The first-order chi connectivity index (χ1) is 16.4. The molecular weight excluding hydrogens is 467 g/mol. The Bertz CT molecular complexity index is 1320. The first-order valence-corrected chi connectivity index (χ1v) is 10.4. The second-order valence-corrected chi connectivity index (χ2v) is 7.86. The molecule has 11 heteroatoms. The number of amides is 1. The molecule has 35 heavy (non-hydrogen) atoms. The van der Waals surface area contributed by atoms with Gasteiger partial charge in [-0.2, -0.15) is 5.10 Å². The highest BCUT2D eigenvalue weighted by Crippen LogP contribution is 2.33. The lowest BCUT2D eigenvalue weighted by Crippen LogP contribution is -2.28. The second-order valence-electron chi connectivity index (χ2n) is 7.86. The van der Waals surface area contributed by atoms with Crippen LogP contribution in [0.1, 0.15) is 74.2 Å². The van der Waals surface area contributed by atoms with E-state index < -0.39 is 47.2 Å². The Kier molecular flexibility index (Phi) is 7.28. The SMILES string of the molecule is CC(=O)c1cc(Oc2c(C(=O)NC(C)c3ccc(C(=O)O)c(C)c3)c(C(F)F)nn2C)ccc1F. The highest BCUT2D eigenvalue weighted by molar-refractivity contribution is 5.98. The maximum atomic E-state index is 13.9. The minimum atomic E-state index is -3.10. The molecule has 0 aliphatic carbocycles. The van der Waals surface area contributed by atoms with E-state index in [0.717, 1.165) is 23.7 Å². The van der Waals surface area contributed by atoms with Crippen molar-refractivity contribution in [1.82, 2.24) is 15.1 Å². The Morgan fingerprint density at radius 1 is 1.11 bits per heavy atom. The van der Waals surface area contributed by atoms with Crippen molar-refractivity contribution >= 4 is 17.7 Å². The summed E-state index contributed by atoms with van der Waals surface area (Å²) in [5.41, 5.74) is -0.499. The molecule has 1 unspecified atom stereocenters. The number of ether oxygens (including phenoxy) is 1. The molecule has 0 fully saturated rings. The minimum Gasteiger partial charge on any atom is -0.478 e. The van der Waals surface area contributed by atoms with Gasteiger partial charge in [-0.1, -0.05) is 12.1 Å². The smallest absolute Gasteiger partial charge is 0.335 e. The Labute approximate surface area is 198 Å². The van der Waals surface area contributed by atoms with E-state index >= 15 is 0 Å². The van der Waals surface area contributed by atoms with E-state index in [1.165, 1.54) is 25.2 Å². The van der Waals surface area contributed by atoms with Crippen molar-refractivity contribution < 1.29 is 37.4 Å². The van der Waals surface area contributed by atoms with E-state index in [9.17, 15) is 32.7 Å². The van der Waals surface area contributed by atoms with Crippen molar-refractivity contribution in [3.05, 3.63) is 75.7 Å². The van der Waals surface area contributed by atoms with Crippen molar-refractivity contribution in [3.8, 4) is 11.6 Å². The summed E-state index contributed by atoms with van der Waals surface area (Å²) >= 11 is 0. The van der Waals surface area contributed by atoms with Crippen molar-refractivity contribution in [1.29, 1.82) is 0 Å². The number of aryl methyl sites for hydroxylation is 2. The number of hydrogen-bond donors (Lipinski definition) is 2. The van der Waals surface area contributed by atoms with E-state index in [4.69, 9.17) is 4.74 Å². The van der Waals surface area contributed by atoms with Crippen LogP contribution in [-0.4, -0.2) is 32.5 Å². The molecule has 0 aliphatic rings. The standard InChI is InChI=1S/C24H22F3N3O5/c1-11-9-14(5-7-16(11)24(33)34)12(2)28-22(32)19-20(21(26)27)29-30(4)23(19)35-15-6-8-18(25)17(10-15)13(3)31/h5-10,12,21H,1-4H3,(H,28,32)(H,33,34). The summed E-state index contributed by atoms with van der Waals surface area (Å²) in [6, 6.07) is 7.07. The third-order valence-electron chi connectivity index (χ3n) is 5.32. The van der Waals surface area contributed by atoms with Crippen LogP contribution in [0.2, 0.25) is 0 Å². The van der Waals surface area contributed by atoms with Crippen LogP contribution in [-0.2, 0) is 7.05 Å². The van der Waals surface area contributed by atoms with Gasteiger partial charge in [0.25, 0.3) is 12.3 Å². The number of halogens is 3. The van der Waals surface area contributed by atoms with Crippen LogP contribution in [0.4, 0.5) is 13.2 Å². The number of carboxylic acid groups (broad SMARTS) is 1. The van der Waals surface area contributed by atoms with Gasteiger partial charge < -0.3 is 15.2 Å². The molecule has 0 saturated heterocycles. The molecule has 2 aromatic carbocycles. The van der Waals surface area contributed by atoms with Crippen molar-refractivity contribution in [2.45, 2.75) is 33.2 Å². The number of ketones is 1. The summed E-state index contributed by atoms with van der Waals surface area (Å²) in [5.74, 6) is -3.74. The first kappa shape index (κ1) is 25.5. The number of aromatic nitrogens is 2. The molecule has 3 rings (SSSR count). The number of benzene rings is 2. The first-order valence-electron chi connectivity index (χ1n) is 10.4. The van der Waals surface area contributed by atoms with Crippen LogP contribution in [0.15, 0.2) is 36.4 Å². The third kappa shape index (κ3) is 5.34. The molecule has 0 radical (unpaired) electrons. The molecule has 0 bridgehead atoms. The lowest BCUT2D eigenvalue weighted by atomic mass is 10.0. The lowest BCUT2D eigenvalue weighted by Gasteiger charge is -2.17. The summed E-state index contributed by atoms with van der Waals surface area (Å²) < 4.78 is 47.9. The number of Topliss-reactive ketones (excluding diaryl/α,β-unsaturated/α-hetero) is 1. The number of carbonyl (C=O) groups excluding carboxylic acids is 2. The Hall–Kier alpha value is -4.15. The fraction of sp³-hybridized carbons (Fsp3) is 0.250. The number of rotatable bonds is 8. The monoisotopic (exact) mass is 489 g/mol. The summed E-state index contributed by atoms with van der Waals surface area (Å²) in [7, 11) is 1.30. The molecule has 3 aromatic rings. The average molecular weight is 489 g/mol. The van der Waals surface area contributed by atoms with E-state index in [2.05, 4.69) is 10.4 Å². The van der Waals surface area contributed by atoms with Crippen LogP contribution < -0.4 is 10.1 Å². The topological polar surface area (TPSA) is 111 Å². The predicted molar refractivity (Wildman–Crippen MR) is 119 cm³/mol. The van der Waals surface area contributed by atoms with Crippen LogP contribution in [0.3, 0.4) is 0 Å². The molecule has 0 aliphatic heterocycles. The number of alkyl halides is 2. The molecule has 1 aromatic heterocycles. The van der Waals surface area contributed by atoms with Gasteiger partial charge in [-0.3, -0.25) is 9.59 Å². The van der Waals surface area contributed by atoms with E-state index in [1.54, 1.807) is 19.9 Å². The fourth-order valence-corrected chi connectivity index (χ4v) is 3.51. The minimum absolute atomic E-state index is 0.0533. The lowest BCUT2D eigenvalue weighted by molar-refractivity contribution is 0.0695. The molecular formula is C24H22F3N3O5. The van der Waals surface area contributed by atoms with Crippen molar-refractivity contribution in [2.24, 2.45) is 7.05 Å². The molecule has 1 heterocycles. The molecule has 2 N–H and O–H groups in total. The average Bonchev–Trinajstić information content (AvgIpc) is 3.10. The molecule has 184 valence electrons. The van der Waals surface area contributed by atoms with Crippen molar-refractivity contribution in [2.75, 3.05) is 0 Å². The van der Waals surface area contributed by atoms with Crippen LogP contribution >= 0.6 is 0 Å². The number of hydrogen-bond acceptors (Lipinski definition) is 5. The van der Waals surface area contributed by atoms with Gasteiger partial charge in [0, 0.05) is 7.05 Å². The number of aromatic carboxylic acids is 1. The number of nitrogens with zero attached hydrogens (tertiary/aromatic N) is 2. The highest BCUT2D eigenvalue weighted by atomic mass is 19.3. The normalized spacial score (nSPS) is 11.9. The van der Waals surface area contributed by atoms with Gasteiger partial charge in [0.05, 0.1) is 17.2 Å². The Balaban J connectivity index is 1.96. The number of nitrogens with one attached hydrogen (secondary N) is 1. The zero-order chi connectivity index (χ0) is 26.0. The quantitative estimate of drug-likeness (QED) is 0.432. The van der Waals surface area contributed by atoms with Gasteiger partial charge in [-0.15, -0.1) is 0 Å². The van der Waals surface area contributed by atoms with Gasteiger partial charge >= 0.3 is 5.97 Å². The Morgan fingerprint density at radius 2 is 1.80 bits per heavy atom.